The number of nitrogens with zero attached hydrogens (tertiary/aromatic N) is 2. The van der Waals surface area contributed by atoms with Crippen LogP contribution < -0.4 is 10.6 Å². The van der Waals surface area contributed by atoms with Gasteiger partial charge in [-0.3, -0.25) is 4.79 Å². The molecule has 0 bridgehead atoms. The smallest absolute Gasteiger partial charge is 0.247 e. The van der Waals surface area contributed by atoms with Crippen LogP contribution in [0.1, 0.15) is 18.2 Å². The van der Waals surface area contributed by atoms with Crippen molar-refractivity contribution in [2.75, 3.05) is 10.6 Å². The molecule has 1 aromatic heterocycles. The number of anilines is 2. The van der Waals surface area contributed by atoms with Crippen LogP contribution in [0.3, 0.4) is 0 Å². The van der Waals surface area contributed by atoms with Crippen molar-refractivity contribution in [2.24, 2.45) is 0 Å². The van der Waals surface area contributed by atoms with Gasteiger partial charge in [0, 0.05) is 11.8 Å². The molecule has 1 unspecified atom stereocenters. The van der Waals surface area contributed by atoms with E-state index in [1.165, 1.54) is 0 Å². The largest absolute Gasteiger partial charge is 0.374 e. The highest BCUT2D eigenvalue weighted by atomic mass is 16.5. The summed E-state index contributed by atoms with van der Waals surface area (Å²) in [6.07, 6.45) is 0.377. The minimum absolute atomic E-state index is 0.204. The van der Waals surface area contributed by atoms with E-state index >= 15 is 0 Å². The molecule has 0 saturated heterocycles. The number of benzene rings is 1. The number of carbonyl (C=O) groups is 1. The van der Waals surface area contributed by atoms with Crippen molar-refractivity contribution >= 4 is 17.4 Å². The van der Waals surface area contributed by atoms with Crippen molar-refractivity contribution in [1.82, 2.24) is 5.16 Å². The lowest BCUT2D eigenvalue weighted by molar-refractivity contribution is -0.116. The van der Waals surface area contributed by atoms with Crippen LogP contribution in [-0.4, -0.2) is 17.1 Å². The van der Waals surface area contributed by atoms with Gasteiger partial charge in [0.1, 0.15) is 11.8 Å². The first-order chi connectivity index (χ1) is 10.1. The Morgan fingerprint density at radius 2 is 2.14 bits per heavy atom. The molecule has 0 aliphatic rings. The molecule has 0 fully saturated rings. The lowest BCUT2D eigenvalue weighted by Crippen LogP contribution is -2.31. The Kier molecular flexibility index (Phi) is 4.57. The number of nitriles is 1. The second kappa shape index (κ2) is 6.57. The van der Waals surface area contributed by atoms with Crippen LogP contribution >= 0.6 is 0 Å². The zero-order valence-electron chi connectivity index (χ0n) is 11.9. The van der Waals surface area contributed by atoms with E-state index in [1.807, 2.05) is 24.3 Å². The molecule has 0 aliphatic heterocycles. The molecule has 2 aromatic rings. The molecule has 2 rings (SSSR count). The van der Waals surface area contributed by atoms with E-state index in [4.69, 9.17) is 9.78 Å². The van der Waals surface area contributed by atoms with Gasteiger partial charge in [-0.2, -0.15) is 5.26 Å². The minimum atomic E-state index is -0.427. The number of amides is 1. The van der Waals surface area contributed by atoms with Crippen LogP contribution in [0.4, 0.5) is 11.5 Å². The summed E-state index contributed by atoms with van der Waals surface area (Å²) in [5.41, 5.74) is 1.76. The number of hydrogen-bond donors (Lipinski definition) is 2. The van der Waals surface area contributed by atoms with Crippen LogP contribution in [-0.2, 0) is 11.2 Å². The highest BCUT2D eigenvalue weighted by Gasteiger charge is 2.14. The van der Waals surface area contributed by atoms with Crippen molar-refractivity contribution in [1.29, 1.82) is 5.26 Å². The van der Waals surface area contributed by atoms with Gasteiger partial charge in [-0.25, -0.2) is 0 Å². The van der Waals surface area contributed by atoms with E-state index in [2.05, 4.69) is 21.9 Å². The topological polar surface area (TPSA) is 91.0 Å². The summed E-state index contributed by atoms with van der Waals surface area (Å²) in [6, 6.07) is 10.7. The fourth-order valence-electron chi connectivity index (χ4n) is 1.79. The van der Waals surface area contributed by atoms with Gasteiger partial charge in [-0.15, -0.1) is 0 Å². The Labute approximate surface area is 122 Å². The number of aromatic nitrogens is 1. The number of carbonyl (C=O) groups excluding carboxylic acids is 1. The summed E-state index contributed by atoms with van der Waals surface area (Å²) >= 11 is 0. The molecule has 1 amide bonds. The molecule has 1 heterocycles. The number of nitrogens with one attached hydrogen (secondary N) is 2. The van der Waals surface area contributed by atoms with Gasteiger partial charge >= 0.3 is 0 Å². The molecular weight excluding hydrogens is 268 g/mol. The van der Waals surface area contributed by atoms with Gasteiger partial charge in [-0.1, -0.05) is 17.3 Å². The molecule has 0 radical (unpaired) electrons. The second-order valence-corrected chi connectivity index (χ2v) is 4.71. The summed E-state index contributed by atoms with van der Waals surface area (Å²) in [5.74, 6) is 0.832. The first kappa shape index (κ1) is 14.6. The van der Waals surface area contributed by atoms with Gasteiger partial charge < -0.3 is 15.2 Å². The first-order valence-electron chi connectivity index (χ1n) is 6.55. The summed E-state index contributed by atoms with van der Waals surface area (Å²) < 4.78 is 4.89. The Bertz CT molecular complexity index is 655. The van der Waals surface area contributed by atoms with Gasteiger partial charge in [-0.05, 0) is 31.5 Å². The van der Waals surface area contributed by atoms with E-state index in [0.29, 0.717) is 18.0 Å². The lowest BCUT2D eigenvalue weighted by atomic mass is 10.1. The van der Waals surface area contributed by atoms with Gasteiger partial charge in [0.2, 0.25) is 5.91 Å². The van der Waals surface area contributed by atoms with Crippen LogP contribution in [0.15, 0.2) is 34.9 Å². The summed E-state index contributed by atoms with van der Waals surface area (Å²) in [5, 5.41) is 18.1. The monoisotopic (exact) mass is 284 g/mol. The van der Waals surface area contributed by atoms with Crippen molar-refractivity contribution in [2.45, 2.75) is 26.3 Å². The van der Waals surface area contributed by atoms with Gasteiger partial charge in [0.15, 0.2) is 5.82 Å². The third-order valence-electron chi connectivity index (χ3n) is 2.89. The number of rotatable bonds is 5. The molecule has 6 nitrogen and oxygen atoms in total. The fraction of sp³-hybridized carbons (Fsp3) is 0.267. The maximum absolute atomic E-state index is 12.0. The summed E-state index contributed by atoms with van der Waals surface area (Å²) in [6.45, 7) is 3.51. The highest BCUT2D eigenvalue weighted by molar-refractivity contribution is 5.95. The first-order valence-corrected chi connectivity index (χ1v) is 6.55. The van der Waals surface area contributed by atoms with Crippen molar-refractivity contribution < 1.29 is 9.32 Å². The van der Waals surface area contributed by atoms with E-state index in [9.17, 15) is 4.79 Å². The average Bonchev–Trinajstić information content (AvgIpc) is 2.86. The van der Waals surface area contributed by atoms with Crippen LogP contribution in [0.5, 0.6) is 0 Å². The quantitative estimate of drug-likeness (QED) is 0.880. The lowest BCUT2D eigenvalue weighted by Gasteiger charge is -2.14. The summed E-state index contributed by atoms with van der Waals surface area (Å²) in [7, 11) is 0. The van der Waals surface area contributed by atoms with Crippen LogP contribution in [0.2, 0.25) is 0 Å². The van der Waals surface area contributed by atoms with Gasteiger partial charge in [0.05, 0.1) is 12.5 Å². The third kappa shape index (κ3) is 4.08. The highest BCUT2D eigenvalue weighted by Crippen LogP contribution is 2.12. The number of aryl methyl sites for hydroxylation is 1. The predicted molar refractivity (Wildman–Crippen MR) is 78.7 cm³/mol. The van der Waals surface area contributed by atoms with Gasteiger partial charge in [0.25, 0.3) is 0 Å². The van der Waals surface area contributed by atoms with Crippen molar-refractivity contribution in [3.8, 4) is 6.07 Å². The molecule has 2 N–H and O–H groups in total. The van der Waals surface area contributed by atoms with E-state index in [0.717, 1.165) is 11.3 Å². The molecule has 1 aromatic carbocycles. The maximum Gasteiger partial charge on any atom is 0.247 e. The molecule has 0 saturated carbocycles. The Balaban J connectivity index is 1.92. The van der Waals surface area contributed by atoms with Crippen LogP contribution in [0.25, 0.3) is 0 Å². The Morgan fingerprint density at radius 3 is 2.71 bits per heavy atom. The average molecular weight is 284 g/mol. The number of hydrogen-bond acceptors (Lipinski definition) is 5. The zero-order chi connectivity index (χ0) is 15.2. The fourth-order valence-corrected chi connectivity index (χ4v) is 1.79. The normalized spacial score (nSPS) is 11.5. The molecule has 0 spiro atoms. The molecule has 21 heavy (non-hydrogen) atoms. The predicted octanol–water partition coefficient (Wildman–Crippen LogP) is 2.49. The van der Waals surface area contributed by atoms with Crippen LogP contribution in [0, 0.1) is 18.3 Å². The maximum atomic E-state index is 12.0. The second-order valence-electron chi connectivity index (χ2n) is 4.71. The summed E-state index contributed by atoms with van der Waals surface area (Å²) in [4.78, 5) is 12.0. The minimum Gasteiger partial charge on any atom is -0.374 e. The van der Waals surface area contributed by atoms with Crippen molar-refractivity contribution in [3.05, 3.63) is 41.7 Å². The van der Waals surface area contributed by atoms with Crippen molar-refractivity contribution in [3.63, 3.8) is 0 Å². The molecule has 108 valence electrons. The SMILES string of the molecule is Cc1cc(NC(=O)C(C)Nc2ccc(CC#N)cc2)no1. The third-order valence-corrected chi connectivity index (χ3v) is 2.89. The Morgan fingerprint density at radius 1 is 1.43 bits per heavy atom. The van der Waals surface area contributed by atoms with E-state index in [1.54, 1.807) is 19.9 Å². The molecular formula is C15H16N4O2. The standard InChI is InChI=1S/C15H16N4O2/c1-10-9-14(19-21-10)18-15(20)11(2)17-13-5-3-12(4-6-13)7-8-16/h3-6,9,11,17H,7H2,1-2H3,(H,18,19,20). The van der Waals surface area contributed by atoms with E-state index < -0.39 is 6.04 Å². The molecule has 0 aliphatic carbocycles. The molecule has 6 heteroatoms. The van der Waals surface area contributed by atoms with E-state index in [-0.39, 0.29) is 5.91 Å². The Hall–Kier alpha value is -2.81. The zero-order valence-corrected chi connectivity index (χ0v) is 11.9. The molecule has 1 atom stereocenters.